The number of para-hydroxylation sites is 2. The molecule has 0 saturated heterocycles. The number of aromatic amines is 2. The van der Waals surface area contributed by atoms with Gasteiger partial charge in [-0.1, -0.05) is 30.5 Å². The van der Waals surface area contributed by atoms with Crippen LogP contribution in [0.15, 0.2) is 36.9 Å². The Bertz CT molecular complexity index is 953. The van der Waals surface area contributed by atoms with Crippen LogP contribution in [-0.2, 0) is 0 Å². The van der Waals surface area contributed by atoms with Crippen LogP contribution in [0, 0.1) is 0 Å². The first-order valence-electron chi connectivity index (χ1n) is 7.80. The van der Waals surface area contributed by atoms with Gasteiger partial charge in [-0.2, -0.15) is 9.55 Å². The van der Waals surface area contributed by atoms with Crippen LogP contribution in [0.3, 0.4) is 0 Å². The van der Waals surface area contributed by atoms with E-state index in [1.165, 1.54) is 0 Å². The van der Waals surface area contributed by atoms with E-state index in [1.807, 2.05) is 29.1 Å². The summed E-state index contributed by atoms with van der Waals surface area (Å²) in [6.45, 7) is 3.01. The van der Waals surface area contributed by atoms with Gasteiger partial charge in [0.25, 0.3) is 5.82 Å². The normalized spacial score (nSPS) is 11.3. The Morgan fingerprint density at radius 3 is 3.00 bits per heavy atom. The molecule has 0 amide bonds. The highest BCUT2D eigenvalue weighted by Gasteiger charge is 2.20. The first kappa shape index (κ1) is 13.7. The van der Waals surface area contributed by atoms with Crippen LogP contribution in [0.4, 0.5) is 5.95 Å². The van der Waals surface area contributed by atoms with Gasteiger partial charge in [0.15, 0.2) is 17.5 Å². The highest BCUT2D eigenvalue weighted by atomic mass is 15.2. The van der Waals surface area contributed by atoms with Crippen LogP contribution in [0.25, 0.3) is 28.0 Å². The first-order chi connectivity index (χ1) is 11.4. The maximum Gasteiger partial charge on any atom is 0.302 e. The van der Waals surface area contributed by atoms with Gasteiger partial charge in [0, 0.05) is 6.54 Å². The van der Waals surface area contributed by atoms with E-state index < -0.39 is 0 Å². The number of hydrogen-bond donors (Lipinski definition) is 3. The van der Waals surface area contributed by atoms with Crippen molar-refractivity contribution in [2.75, 3.05) is 11.9 Å². The fraction of sp³-hybridized carbons (Fsp3) is 0.250. The molecule has 3 N–H and O–H groups in total. The molecule has 0 atom stereocenters. The van der Waals surface area contributed by atoms with Gasteiger partial charge in [-0.05, 0) is 18.6 Å². The largest absolute Gasteiger partial charge is 0.340 e. The molecule has 1 aromatic carbocycles. The molecule has 0 bridgehead atoms. The number of H-pyrrole nitrogens is 2. The van der Waals surface area contributed by atoms with Crippen LogP contribution < -0.4 is 9.88 Å². The minimum atomic E-state index is 0.603. The van der Waals surface area contributed by atoms with Crippen molar-refractivity contribution < 1.29 is 4.57 Å². The van der Waals surface area contributed by atoms with E-state index in [1.54, 1.807) is 6.33 Å². The third kappa shape index (κ3) is 2.40. The van der Waals surface area contributed by atoms with Crippen molar-refractivity contribution in [1.29, 1.82) is 0 Å². The van der Waals surface area contributed by atoms with Crippen molar-refractivity contribution in [3.05, 3.63) is 36.9 Å². The predicted octanol–water partition coefficient (Wildman–Crippen LogP) is 2.32. The molecule has 116 valence electrons. The molecule has 0 aliphatic heterocycles. The lowest BCUT2D eigenvalue weighted by Gasteiger charge is -2.03. The predicted molar refractivity (Wildman–Crippen MR) is 88.5 cm³/mol. The third-order valence-electron chi connectivity index (χ3n) is 3.82. The molecule has 0 aliphatic carbocycles. The molecule has 7 nitrogen and oxygen atoms in total. The molecule has 23 heavy (non-hydrogen) atoms. The summed E-state index contributed by atoms with van der Waals surface area (Å²) in [7, 11) is 0. The number of anilines is 1. The van der Waals surface area contributed by atoms with Gasteiger partial charge in [-0.3, -0.25) is 4.98 Å². The average Bonchev–Trinajstić information content (AvgIpc) is 3.21. The molecule has 0 fully saturated rings. The Labute approximate surface area is 132 Å². The van der Waals surface area contributed by atoms with Crippen LogP contribution in [-0.4, -0.2) is 31.5 Å². The van der Waals surface area contributed by atoms with Gasteiger partial charge >= 0.3 is 5.95 Å². The van der Waals surface area contributed by atoms with Gasteiger partial charge in [-0.25, -0.2) is 4.98 Å². The second-order valence-electron chi connectivity index (χ2n) is 5.41. The maximum atomic E-state index is 4.69. The number of aromatic nitrogens is 6. The van der Waals surface area contributed by atoms with Crippen molar-refractivity contribution in [2.45, 2.75) is 19.8 Å². The summed E-state index contributed by atoms with van der Waals surface area (Å²) < 4.78 is 2.02. The summed E-state index contributed by atoms with van der Waals surface area (Å²) in [6, 6.07) is 8.11. The molecule has 0 saturated carbocycles. The average molecular weight is 308 g/mol. The minimum absolute atomic E-state index is 0.603. The van der Waals surface area contributed by atoms with Gasteiger partial charge in [-0.15, -0.1) is 0 Å². The second-order valence-corrected chi connectivity index (χ2v) is 5.41. The lowest BCUT2D eigenvalue weighted by Crippen LogP contribution is -2.31. The summed E-state index contributed by atoms with van der Waals surface area (Å²) in [5, 5.41) is 3.28. The Kier molecular flexibility index (Phi) is 3.38. The number of hydrogen-bond acceptors (Lipinski definition) is 4. The molecule has 4 rings (SSSR count). The topological polar surface area (TPSA) is 86.2 Å². The first-order valence-corrected chi connectivity index (χ1v) is 7.80. The summed E-state index contributed by atoms with van der Waals surface area (Å²) in [5.74, 6) is 1.38. The zero-order valence-corrected chi connectivity index (χ0v) is 12.9. The van der Waals surface area contributed by atoms with Crippen LogP contribution in [0.2, 0.25) is 0 Å². The van der Waals surface area contributed by atoms with Crippen molar-refractivity contribution in [3.63, 3.8) is 0 Å². The summed E-state index contributed by atoms with van der Waals surface area (Å²) in [4.78, 5) is 19.8. The minimum Gasteiger partial charge on any atom is -0.340 e. The summed E-state index contributed by atoms with van der Waals surface area (Å²) in [6.07, 6.45) is 5.76. The van der Waals surface area contributed by atoms with Crippen molar-refractivity contribution >= 4 is 28.1 Å². The highest BCUT2D eigenvalue weighted by Crippen LogP contribution is 2.16. The number of fused-ring (bicyclic) bond motifs is 2. The van der Waals surface area contributed by atoms with Crippen LogP contribution in [0.1, 0.15) is 19.8 Å². The molecular formula is C16H18N7+. The molecule has 4 aromatic rings. The van der Waals surface area contributed by atoms with E-state index in [-0.39, 0.29) is 0 Å². The third-order valence-corrected chi connectivity index (χ3v) is 3.82. The molecule has 0 spiro atoms. The van der Waals surface area contributed by atoms with Gasteiger partial charge in [0.1, 0.15) is 11.0 Å². The zero-order valence-electron chi connectivity index (χ0n) is 12.9. The lowest BCUT2D eigenvalue weighted by atomic mass is 10.3. The van der Waals surface area contributed by atoms with Crippen molar-refractivity contribution in [2.24, 2.45) is 0 Å². The summed E-state index contributed by atoms with van der Waals surface area (Å²) in [5.41, 5.74) is 3.59. The number of nitrogens with zero attached hydrogens (tertiary/aromatic N) is 4. The molecular weight excluding hydrogens is 290 g/mol. The zero-order chi connectivity index (χ0) is 15.6. The van der Waals surface area contributed by atoms with Crippen molar-refractivity contribution in [3.8, 4) is 5.82 Å². The molecule has 3 heterocycles. The van der Waals surface area contributed by atoms with E-state index in [9.17, 15) is 0 Å². The monoisotopic (exact) mass is 308 g/mol. The number of imidazole rings is 2. The van der Waals surface area contributed by atoms with E-state index in [0.29, 0.717) is 11.6 Å². The molecule has 0 radical (unpaired) electrons. The Morgan fingerprint density at radius 2 is 2.09 bits per heavy atom. The van der Waals surface area contributed by atoms with E-state index >= 15 is 0 Å². The van der Waals surface area contributed by atoms with E-state index in [0.717, 1.165) is 41.8 Å². The lowest BCUT2D eigenvalue weighted by molar-refractivity contribution is -0.569. The number of nitrogens with one attached hydrogen (secondary N) is 3. The maximum absolute atomic E-state index is 4.69. The van der Waals surface area contributed by atoms with Crippen LogP contribution in [0.5, 0.6) is 0 Å². The highest BCUT2D eigenvalue weighted by molar-refractivity contribution is 5.79. The fourth-order valence-electron chi connectivity index (χ4n) is 2.63. The molecule has 0 unspecified atom stereocenters. The number of rotatable bonds is 5. The van der Waals surface area contributed by atoms with E-state index in [2.05, 4.69) is 43.2 Å². The Balaban J connectivity index is 1.86. The Morgan fingerprint density at radius 1 is 1.17 bits per heavy atom. The molecule has 7 heteroatoms. The quantitative estimate of drug-likeness (QED) is 0.390. The van der Waals surface area contributed by atoms with Gasteiger partial charge < -0.3 is 10.3 Å². The second kappa shape index (κ2) is 5.68. The van der Waals surface area contributed by atoms with Gasteiger partial charge in [0.2, 0.25) is 0 Å². The number of unbranched alkanes of at least 4 members (excludes halogenated alkanes) is 1. The molecule has 3 aromatic heterocycles. The van der Waals surface area contributed by atoms with Crippen molar-refractivity contribution in [1.82, 2.24) is 24.9 Å². The molecule has 0 aliphatic rings. The fourth-order valence-corrected chi connectivity index (χ4v) is 2.63. The standard InChI is InChI=1S/C16H17N7/c1-2-3-8-17-16-21-14-13(18-9-19-14)15(22-16)23-10-20-11-6-4-5-7-12(11)23/h4-7,9-10H,2-3,8H2,1H3,(H2,17,18,19,21,22)/p+1. The number of benzene rings is 1. The Hall–Kier alpha value is -2.96. The van der Waals surface area contributed by atoms with Gasteiger partial charge in [0.05, 0.1) is 6.33 Å². The SMILES string of the molecule is CCCCNc1nc(-[n+]2c[nH]c3ccccc32)c2[nH]cnc2n1. The summed E-state index contributed by atoms with van der Waals surface area (Å²) >= 11 is 0. The van der Waals surface area contributed by atoms with Crippen LogP contribution >= 0.6 is 0 Å². The van der Waals surface area contributed by atoms with E-state index in [4.69, 9.17) is 0 Å². The smallest absolute Gasteiger partial charge is 0.302 e.